The monoisotopic (exact) mass is 333 g/mol. The van der Waals surface area contributed by atoms with Crippen LogP contribution in [-0.2, 0) is 16.0 Å². The Morgan fingerprint density at radius 1 is 1.30 bits per heavy atom. The zero-order valence-electron chi connectivity index (χ0n) is 28.0. The van der Waals surface area contributed by atoms with Crippen LogP contribution in [0.1, 0.15) is 66.7 Å². The third-order valence-electron chi connectivity index (χ3n) is 3.05. The Hall–Kier alpha value is -1.84. The van der Waals surface area contributed by atoms with Gasteiger partial charge in [-0.05, 0) is 42.9 Å². The van der Waals surface area contributed by atoms with E-state index >= 15 is 0 Å². The second kappa shape index (κ2) is 8.14. The van der Waals surface area contributed by atoms with Gasteiger partial charge in [0.2, 0.25) is 5.91 Å². The Balaban J connectivity index is 2.80. The fourth-order valence-electron chi connectivity index (χ4n) is 1.86. The molecule has 0 radical (unpaired) electrons. The molecule has 0 bridgehead atoms. The number of benzene rings is 1. The lowest BCUT2D eigenvalue weighted by Gasteiger charge is -2.30. The molecular weight excluding hydrogens is 290 g/mol. The highest BCUT2D eigenvalue weighted by Crippen LogP contribution is 2.33. The van der Waals surface area contributed by atoms with Crippen LogP contribution >= 0.6 is 0 Å². The van der Waals surface area contributed by atoms with Gasteiger partial charge in [-0.15, -0.1) is 0 Å². The molecule has 0 saturated heterocycles. The van der Waals surface area contributed by atoms with E-state index in [2.05, 4.69) is 0 Å². The van der Waals surface area contributed by atoms with Crippen LogP contribution in [0.25, 0.3) is 0 Å². The van der Waals surface area contributed by atoms with Gasteiger partial charge in [-0.1, -0.05) is 44.0 Å². The molecule has 0 aromatic heterocycles. The highest BCUT2D eigenvalue weighted by Gasteiger charge is 2.30. The standard InChI is InChI=1S/C19H27NO3/c1-13(2)15-8-10-16(11-9-15)18(21)20-17(19(22)23)12-14-6-4-3-5-7-14/h3-7,13,15-17H,8-12H2,1-2H3,(H,20,21)(H,22,23)/t15-,16-,17-/m1/s1/i1D3,2D3,8D2,9D2,10D2,11D2,15D,16D. The fraction of sp³-hybridized carbons (Fsp3) is 0.579. The number of aliphatic carboxylic acids is 1. The van der Waals surface area contributed by atoms with E-state index in [4.69, 9.17) is 21.9 Å². The molecule has 2 N–H and O–H groups in total. The van der Waals surface area contributed by atoms with Gasteiger partial charge in [0.1, 0.15) is 6.04 Å². The maximum Gasteiger partial charge on any atom is 0.326 e. The number of hydrogen-bond donors (Lipinski definition) is 2. The second-order valence-electron chi connectivity index (χ2n) is 4.78. The average molecular weight is 334 g/mol. The molecule has 0 heterocycles. The number of carbonyl (C=O) groups excluding carboxylic acids is 1. The first kappa shape index (κ1) is 5.91. The number of amides is 1. The molecule has 2 rings (SSSR count). The van der Waals surface area contributed by atoms with Crippen LogP contribution in [0.15, 0.2) is 30.3 Å². The molecule has 1 saturated carbocycles. The molecule has 23 heavy (non-hydrogen) atoms. The van der Waals surface area contributed by atoms with Gasteiger partial charge in [-0.2, -0.15) is 0 Å². The molecule has 1 aliphatic carbocycles. The molecule has 1 aliphatic rings. The van der Waals surface area contributed by atoms with Gasteiger partial charge >= 0.3 is 5.97 Å². The first-order valence-corrected chi connectivity index (χ1v) is 6.75. The van der Waals surface area contributed by atoms with E-state index in [1.54, 1.807) is 11.4 Å². The second-order valence-corrected chi connectivity index (χ2v) is 4.78. The van der Waals surface area contributed by atoms with Crippen LogP contribution in [0.2, 0.25) is 0 Å². The fourth-order valence-corrected chi connectivity index (χ4v) is 1.86. The highest BCUT2D eigenvalue weighted by atomic mass is 16.4. The minimum absolute atomic E-state index is 0.341. The van der Waals surface area contributed by atoms with E-state index < -0.39 is 81.2 Å². The van der Waals surface area contributed by atoms with Crippen molar-refractivity contribution in [2.75, 3.05) is 0 Å². The van der Waals surface area contributed by atoms with Crippen LogP contribution in [0, 0.1) is 17.7 Å². The molecule has 1 amide bonds. The average Bonchev–Trinajstić information content (AvgIpc) is 2.75. The predicted octanol–water partition coefficient (Wildman–Crippen LogP) is 3.26. The molecule has 0 aliphatic heterocycles. The molecule has 4 heteroatoms. The van der Waals surface area contributed by atoms with Crippen molar-refractivity contribution in [3.8, 4) is 0 Å². The largest absolute Gasteiger partial charge is 0.480 e. The number of carboxylic acids is 1. The van der Waals surface area contributed by atoms with Gasteiger partial charge in [0, 0.05) is 34.2 Å². The van der Waals surface area contributed by atoms with E-state index in [0.29, 0.717) is 5.56 Å². The van der Waals surface area contributed by atoms with Gasteiger partial charge in [-0.25, -0.2) is 4.79 Å². The first-order chi connectivity index (χ1) is 17.2. The van der Waals surface area contributed by atoms with E-state index in [0.717, 1.165) is 0 Å². The minimum Gasteiger partial charge on any atom is -0.480 e. The summed E-state index contributed by atoms with van der Waals surface area (Å²) in [5, 5.41) is 11.4. The van der Waals surface area contributed by atoms with Crippen molar-refractivity contribution in [1.82, 2.24) is 5.32 Å². The third kappa shape index (κ3) is 5.08. The Morgan fingerprint density at radius 2 is 1.96 bits per heavy atom. The number of carbonyl (C=O) groups is 2. The van der Waals surface area contributed by atoms with Gasteiger partial charge in [0.25, 0.3) is 0 Å². The van der Waals surface area contributed by atoms with Crippen molar-refractivity contribution in [3.63, 3.8) is 0 Å². The maximum absolute atomic E-state index is 13.3. The summed E-state index contributed by atoms with van der Waals surface area (Å²) in [5.41, 5.74) is 0.341. The van der Waals surface area contributed by atoms with Crippen molar-refractivity contribution >= 4 is 11.9 Å². The summed E-state index contributed by atoms with van der Waals surface area (Å²) < 4.78 is 130. The summed E-state index contributed by atoms with van der Waals surface area (Å²) in [7, 11) is 0. The lowest BCUT2D eigenvalue weighted by Crippen LogP contribution is -2.45. The zero-order valence-corrected chi connectivity index (χ0v) is 12.0. The molecule has 0 unspecified atom stereocenters. The minimum atomic E-state index is -4.32. The van der Waals surface area contributed by atoms with Crippen LogP contribution in [0.4, 0.5) is 0 Å². The van der Waals surface area contributed by atoms with Gasteiger partial charge in [-0.3, -0.25) is 4.79 Å². The van der Waals surface area contributed by atoms with Crippen molar-refractivity contribution < 1.29 is 36.6 Å². The summed E-state index contributed by atoms with van der Waals surface area (Å²) in [6.45, 7) is -7.71. The molecule has 1 aromatic carbocycles. The van der Waals surface area contributed by atoms with E-state index in [1.165, 1.54) is 24.3 Å². The van der Waals surface area contributed by atoms with Crippen molar-refractivity contribution in [2.24, 2.45) is 17.7 Å². The van der Waals surface area contributed by atoms with Crippen LogP contribution in [-0.4, -0.2) is 23.0 Å². The zero-order chi connectivity index (χ0) is 30.8. The molecule has 0 spiro atoms. The quantitative estimate of drug-likeness (QED) is 0.840. The highest BCUT2D eigenvalue weighted by molar-refractivity contribution is 5.85. The van der Waals surface area contributed by atoms with Crippen molar-refractivity contribution in [2.45, 2.75) is 51.7 Å². The number of nitrogens with one attached hydrogen (secondary N) is 1. The van der Waals surface area contributed by atoms with Crippen molar-refractivity contribution in [3.05, 3.63) is 35.9 Å². The predicted molar refractivity (Wildman–Crippen MR) is 90.0 cm³/mol. The Morgan fingerprint density at radius 3 is 2.52 bits per heavy atom. The number of hydrogen-bond acceptors (Lipinski definition) is 2. The van der Waals surface area contributed by atoms with Crippen molar-refractivity contribution in [1.29, 1.82) is 0 Å². The van der Waals surface area contributed by atoms with Gasteiger partial charge in [0.15, 0.2) is 0 Å². The summed E-state index contributed by atoms with van der Waals surface area (Å²) in [5.74, 6) is -15.6. The number of rotatable bonds is 6. The van der Waals surface area contributed by atoms with Crippen LogP contribution < -0.4 is 5.32 Å². The smallest absolute Gasteiger partial charge is 0.326 e. The van der Waals surface area contributed by atoms with Gasteiger partial charge in [0.05, 0.1) is 0 Å². The molecule has 1 aromatic rings. The Labute approximate surface area is 160 Å². The Bertz CT molecular complexity index is 1060. The molecule has 4 nitrogen and oxygen atoms in total. The Kier molecular flexibility index (Phi) is 2.09. The molecular formula is C19H27NO3. The normalized spacial score (nSPS) is 49.1. The molecule has 1 atom stereocenters. The van der Waals surface area contributed by atoms with Gasteiger partial charge < -0.3 is 10.4 Å². The lowest BCUT2D eigenvalue weighted by molar-refractivity contribution is -0.142. The SMILES string of the molecule is [2H]C([2H])([2H])C(C([2H])([2H])[2H])[C@]1([2H])C([2H])([2H])C([2H])([2H])[C@@]([2H])(C(=O)N[C@H](Cc2ccccc2)C(=O)O)C([2H])([2H])C1([2H])[2H]. The maximum atomic E-state index is 13.3. The van der Waals surface area contributed by atoms with E-state index in [-0.39, 0.29) is 0 Å². The summed E-state index contributed by atoms with van der Waals surface area (Å²) >= 11 is 0. The summed E-state index contributed by atoms with van der Waals surface area (Å²) in [6.07, 6.45) is -17.7. The number of carboxylic acid groups (broad SMARTS) is 1. The summed E-state index contributed by atoms with van der Waals surface area (Å²) in [4.78, 5) is 25.2. The van der Waals surface area contributed by atoms with E-state index in [1.807, 2.05) is 0 Å². The lowest BCUT2D eigenvalue weighted by atomic mass is 9.76. The van der Waals surface area contributed by atoms with E-state index in [9.17, 15) is 14.7 Å². The first-order valence-electron chi connectivity index (χ1n) is 14.7. The molecule has 1 fully saturated rings. The molecule has 126 valence electrons. The third-order valence-corrected chi connectivity index (χ3v) is 3.05. The van der Waals surface area contributed by atoms with Crippen LogP contribution in [0.5, 0.6) is 0 Å². The topological polar surface area (TPSA) is 66.4 Å². The van der Waals surface area contributed by atoms with Crippen LogP contribution in [0.3, 0.4) is 0 Å². The summed E-state index contributed by atoms with van der Waals surface area (Å²) in [6, 6.07) is 5.67.